The van der Waals surface area contributed by atoms with Crippen LogP contribution in [0.4, 0.5) is 10.1 Å². The van der Waals surface area contributed by atoms with Crippen LogP contribution in [0.25, 0.3) is 0 Å². The van der Waals surface area contributed by atoms with Crippen LogP contribution in [0.3, 0.4) is 0 Å². The largest absolute Gasteiger partial charge is 0.272 e. The molecule has 1 aromatic heterocycles. The monoisotopic (exact) mass is 376 g/mol. The summed E-state index contributed by atoms with van der Waals surface area (Å²) in [6, 6.07) is 3.96. The summed E-state index contributed by atoms with van der Waals surface area (Å²) in [7, 11) is -2.06. The minimum absolute atomic E-state index is 0.00105. The van der Waals surface area contributed by atoms with Gasteiger partial charge in [-0.15, -0.1) is 11.8 Å². The second-order valence-corrected chi connectivity index (χ2v) is 8.73. The zero-order valence-corrected chi connectivity index (χ0v) is 14.5. The molecule has 2 heterocycles. The summed E-state index contributed by atoms with van der Waals surface area (Å²) in [5, 5.41) is 3.66. The first-order chi connectivity index (χ1) is 10.7. The van der Waals surface area contributed by atoms with Gasteiger partial charge in [-0.05, 0) is 12.1 Å². The van der Waals surface area contributed by atoms with E-state index in [1.165, 1.54) is 41.7 Å². The summed E-state index contributed by atoms with van der Waals surface area (Å²) < 4.78 is 38.7. The van der Waals surface area contributed by atoms with E-state index >= 15 is 0 Å². The number of aromatic nitrogens is 2. The normalized spacial score (nSPS) is 18.1. The molecule has 2 aromatic rings. The number of nitroso groups, excluding NO2 is 1. The van der Waals surface area contributed by atoms with Crippen molar-refractivity contribution >= 4 is 38.9 Å². The number of thioether (sulfide) groups is 1. The Morgan fingerprint density at radius 3 is 2.78 bits per heavy atom. The molecule has 1 atom stereocenters. The first-order valence-corrected chi connectivity index (χ1v) is 9.66. The average Bonchev–Trinajstić information content (AvgIpc) is 2.74. The second kappa shape index (κ2) is 5.57. The van der Waals surface area contributed by atoms with E-state index in [0.717, 1.165) is 6.26 Å². The van der Waals surface area contributed by atoms with Crippen molar-refractivity contribution in [3.8, 4) is 0 Å². The van der Waals surface area contributed by atoms with Crippen molar-refractivity contribution in [2.45, 2.75) is 15.2 Å². The van der Waals surface area contributed by atoms with Crippen LogP contribution < -0.4 is 0 Å². The van der Waals surface area contributed by atoms with Gasteiger partial charge in [-0.3, -0.25) is 4.68 Å². The summed E-state index contributed by atoms with van der Waals surface area (Å²) in [4.78, 5) is 12.8. The molecule has 0 saturated heterocycles. The van der Waals surface area contributed by atoms with Crippen LogP contribution in [0.5, 0.6) is 0 Å². The fourth-order valence-electron chi connectivity index (χ4n) is 2.48. The Hall–Kier alpha value is -1.45. The Kier molecular flexibility index (Phi) is 3.97. The van der Waals surface area contributed by atoms with Gasteiger partial charge in [0.05, 0.1) is 11.0 Å². The van der Waals surface area contributed by atoms with Crippen molar-refractivity contribution in [3.63, 3.8) is 0 Å². The maximum atomic E-state index is 13.3. The van der Waals surface area contributed by atoms with E-state index in [9.17, 15) is 17.7 Å². The van der Waals surface area contributed by atoms with Gasteiger partial charge < -0.3 is 0 Å². The van der Waals surface area contributed by atoms with Crippen molar-refractivity contribution in [1.82, 2.24) is 9.78 Å². The molecule has 0 fully saturated rings. The summed E-state index contributed by atoms with van der Waals surface area (Å²) >= 11 is 7.50. The van der Waals surface area contributed by atoms with E-state index in [4.69, 9.17) is 11.6 Å². The quantitative estimate of drug-likeness (QED) is 0.753. The van der Waals surface area contributed by atoms with Gasteiger partial charge >= 0.3 is 0 Å². The van der Waals surface area contributed by atoms with Gasteiger partial charge in [-0.2, -0.15) is 5.10 Å². The maximum absolute atomic E-state index is 13.3. The van der Waals surface area contributed by atoms with Crippen molar-refractivity contribution in [1.29, 1.82) is 0 Å². The fraction of sp³-hybridized carbons (Fsp3) is 0.308. The predicted molar refractivity (Wildman–Crippen MR) is 84.5 cm³/mol. The SMILES string of the molecule is Cn1nc(C2C[N+](=O)c3cc(F)ccc3S2)c(Cl)c1S(C)(=O)=O. The highest BCUT2D eigenvalue weighted by atomic mass is 35.5. The highest BCUT2D eigenvalue weighted by molar-refractivity contribution is 7.99. The van der Waals surface area contributed by atoms with Crippen molar-refractivity contribution < 1.29 is 17.6 Å². The van der Waals surface area contributed by atoms with Crippen molar-refractivity contribution in [3.05, 3.63) is 39.6 Å². The molecule has 23 heavy (non-hydrogen) atoms. The minimum Gasteiger partial charge on any atom is -0.256 e. The number of benzene rings is 1. The molecule has 0 bridgehead atoms. The molecular weight excluding hydrogens is 365 g/mol. The number of aryl methyl sites for hydroxylation is 1. The third kappa shape index (κ3) is 2.88. The molecule has 6 nitrogen and oxygen atoms in total. The number of nitrogens with zero attached hydrogens (tertiary/aromatic N) is 3. The lowest BCUT2D eigenvalue weighted by molar-refractivity contribution is -0.467. The molecule has 1 aromatic carbocycles. The van der Waals surface area contributed by atoms with Crippen LogP contribution in [-0.2, 0) is 16.9 Å². The molecule has 122 valence electrons. The van der Waals surface area contributed by atoms with Crippen LogP contribution in [0.2, 0.25) is 5.02 Å². The zero-order chi connectivity index (χ0) is 16.9. The molecule has 3 rings (SSSR count). The zero-order valence-electron chi connectivity index (χ0n) is 12.2. The van der Waals surface area contributed by atoms with Crippen LogP contribution in [0.15, 0.2) is 28.1 Å². The van der Waals surface area contributed by atoms with Crippen LogP contribution in [0.1, 0.15) is 10.9 Å². The summed E-state index contributed by atoms with van der Waals surface area (Å²) in [5.41, 5.74) is 0.581. The third-order valence-corrected chi connectivity index (χ3v) is 6.32. The lowest BCUT2D eigenvalue weighted by Gasteiger charge is -2.16. The second-order valence-electron chi connectivity index (χ2n) is 5.18. The first kappa shape index (κ1) is 16.4. The molecule has 0 aliphatic carbocycles. The summed E-state index contributed by atoms with van der Waals surface area (Å²) in [6.45, 7) is 0.00105. The number of fused-ring (bicyclic) bond motifs is 1. The number of hydrogen-bond acceptors (Lipinski definition) is 5. The summed E-state index contributed by atoms with van der Waals surface area (Å²) in [6.07, 6.45) is 1.05. The lowest BCUT2D eigenvalue weighted by Crippen LogP contribution is -2.17. The van der Waals surface area contributed by atoms with Gasteiger partial charge in [0.1, 0.15) is 21.8 Å². The van der Waals surface area contributed by atoms with Gasteiger partial charge in [0.25, 0.3) is 5.69 Å². The molecule has 10 heteroatoms. The molecule has 0 amide bonds. The molecule has 0 N–H and O–H groups in total. The topological polar surface area (TPSA) is 72.0 Å². The van der Waals surface area contributed by atoms with E-state index in [2.05, 4.69) is 5.10 Å². The molecule has 0 spiro atoms. The van der Waals surface area contributed by atoms with Crippen LogP contribution >= 0.6 is 23.4 Å². The Balaban J connectivity index is 2.05. The average molecular weight is 377 g/mol. The molecular formula is C13H12ClFN3O3S2+. The number of rotatable bonds is 2. The van der Waals surface area contributed by atoms with E-state index in [1.807, 2.05) is 0 Å². The van der Waals surface area contributed by atoms with E-state index < -0.39 is 20.9 Å². The standard InChI is InChI=1S/C13H12ClFN3O3S2/c1-17-13(23(2,20)21)11(14)12(16-17)10-6-18(19)8-5-7(15)3-4-9(8)22-10/h3-5,10H,6H2,1-2H3/q+1. The smallest absolute Gasteiger partial charge is 0.256 e. The minimum atomic E-state index is -3.54. The third-order valence-electron chi connectivity index (χ3n) is 3.41. The van der Waals surface area contributed by atoms with Crippen molar-refractivity contribution in [2.24, 2.45) is 7.05 Å². The van der Waals surface area contributed by atoms with E-state index in [1.54, 1.807) is 0 Å². The first-order valence-electron chi connectivity index (χ1n) is 6.52. The Labute approximate surface area is 141 Å². The van der Waals surface area contributed by atoms with Crippen LogP contribution in [-0.4, -0.2) is 35.8 Å². The molecule has 0 saturated carbocycles. The Morgan fingerprint density at radius 1 is 1.48 bits per heavy atom. The van der Waals surface area contributed by atoms with Gasteiger partial charge in [0, 0.05) is 23.0 Å². The number of sulfone groups is 1. The van der Waals surface area contributed by atoms with Gasteiger partial charge in [-0.25, -0.2) is 12.8 Å². The maximum Gasteiger partial charge on any atom is 0.272 e. The van der Waals surface area contributed by atoms with Gasteiger partial charge in [-0.1, -0.05) is 11.6 Å². The fourth-order valence-corrected chi connectivity index (χ4v) is 5.43. The van der Waals surface area contributed by atoms with Gasteiger partial charge in [0.2, 0.25) is 6.54 Å². The van der Waals surface area contributed by atoms with E-state index in [0.29, 0.717) is 15.3 Å². The molecule has 1 aliphatic heterocycles. The predicted octanol–water partition coefficient (Wildman–Crippen LogP) is 2.87. The van der Waals surface area contributed by atoms with E-state index in [-0.39, 0.29) is 22.3 Å². The molecule has 1 aliphatic rings. The lowest BCUT2D eigenvalue weighted by atomic mass is 10.2. The molecule has 0 radical (unpaired) electrons. The highest BCUT2D eigenvalue weighted by Crippen LogP contribution is 2.46. The van der Waals surface area contributed by atoms with Crippen LogP contribution in [0, 0.1) is 10.7 Å². The number of halogens is 2. The molecule has 1 unspecified atom stereocenters. The Morgan fingerprint density at radius 2 is 2.17 bits per heavy atom. The number of hydrogen-bond donors (Lipinski definition) is 0. The van der Waals surface area contributed by atoms with Gasteiger partial charge in [0.15, 0.2) is 14.9 Å². The van der Waals surface area contributed by atoms with Crippen molar-refractivity contribution in [2.75, 3.05) is 12.8 Å². The Bertz CT molecular complexity index is 927. The summed E-state index contributed by atoms with van der Waals surface area (Å²) in [5.74, 6) is -0.487. The highest BCUT2D eigenvalue weighted by Gasteiger charge is 2.38.